The van der Waals surface area contributed by atoms with Crippen molar-refractivity contribution in [2.45, 2.75) is 0 Å². The molecule has 0 bridgehead atoms. The molecular weight excluding hydrogens is 266 g/mol. The molecule has 3 rings (SSSR count). The molecular formula is C16H13N3O2. The first-order chi connectivity index (χ1) is 10.2. The predicted octanol–water partition coefficient (Wildman–Crippen LogP) is 2.19. The molecule has 0 aliphatic rings. The first-order valence-corrected chi connectivity index (χ1v) is 6.49. The maximum absolute atomic E-state index is 12.3. The van der Waals surface area contributed by atoms with Crippen LogP contribution in [0, 0.1) is 0 Å². The highest BCUT2D eigenvalue weighted by atomic mass is 16.2. The number of rotatable bonds is 2. The molecule has 5 heteroatoms. The van der Waals surface area contributed by atoms with Crippen LogP contribution in [0.15, 0.2) is 59.4 Å². The zero-order valence-corrected chi connectivity index (χ0v) is 11.4. The van der Waals surface area contributed by atoms with Gasteiger partial charge in [-0.25, -0.2) is 4.98 Å². The molecule has 0 radical (unpaired) electrons. The number of anilines is 1. The Morgan fingerprint density at radius 3 is 2.48 bits per heavy atom. The third kappa shape index (κ3) is 2.41. The van der Waals surface area contributed by atoms with Gasteiger partial charge in [0.1, 0.15) is 0 Å². The van der Waals surface area contributed by atoms with Crippen LogP contribution in [0.25, 0.3) is 11.0 Å². The second kappa shape index (κ2) is 5.20. The SMILES string of the molecule is Cn1c(=O)c(C(=O)Nc2ccccc2)nc2ccccc21. The summed E-state index contributed by atoms with van der Waals surface area (Å²) in [6.45, 7) is 0. The van der Waals surface area contributed by atoms with E-state index in [-0.39, 0.29) is 5.69 Å². The van der Waals surface area contributed by atoms with Gasteiger partial charge in [0.15, 0.2) is 5.69 Å². The van der Waals surface area contributed by atoms with Crippen molar-refractivity contribution in [1.29, 1.82) is 0 Å². The Balaban J connectivity index is 2.06. The zero-order valence-electron chi connectivity index (χ0n) is 11.4. The molecule has 1 amide bonds. The number of hydrogen-bond donors (Lipinski definition) is 1. The molecule has 0 spiro atoms. The molecule has 1 heterocycles. The minimum atomic E-state index is -0.507. The fourth-order valence-corrected chi connectivity index (χ4v) is 2.14. The Morgan fingerprint density at radius 2 is 1.71 bits per heavy atom. The maximum atomic E-state index is 12.3. The number of nitrogens with zero attached hydrogens (tertiary/aromatic N) is 2. The molecule has 0 unspecified atom stereocenters. The van der Waals surface area contributed by atoms with E-state index in [0.29, 0.717) is 16.7 Å². The van der Waals surface area contributed by atoms with Crippen molar-refractivity contribution < 1.29 is 4.79 Å². The predicted molar refractivity (Wildman–Crippen MR) is 81.4 cm³/mol. The fraction of sp³-hybridized carbons (Fsp3) is 0.0625. The van der Waals surface area contributed by atoms with E-state index in [9.17, 15) is 9.59 Å². The van der Waals surface area contributed by atoms with Crippen LogP contribution < -0.4 is 10.9 Å². The number of amides is 1. The van der Waals surface area contributed by atoms with Crippen molar-refractivity contribution in [3.05, 3.63) is 70.6 Å². The number of nitrogens with one attached hydrogen (secondary N) is 1. The zero-order chi connectivity index (χ0) is 14.8. The molecule has 0 saturated carbocycles. The number of benzene rings is 2. The van der Waals surface area contributed by atoms with E-state index in [4.69, 9.17) is 0 Å². The van der Waals surface area contributed by atoms with Gasteiger partial charge < -0.3 is 9.88 Å². The highest BCUT2D eigenvalue weighted by Crippen LogP contribution is 2.10. The van der Waals surface area contributed by atoms with Crippen molar-refractivity contribution in [3.63, 3.8) is 0 Å². The maximum Gasteiger partial charge on any atom is 0.282 e. The summed E-state index contributed by atoms with van der Waals surface area (Å²) in [5.41, 5.74) is 1.40. The molecule has 0 aliphatic heterocycles. The summed E-state index contributed by atoms with van der Waals surface area (Å²) in [7, 11) is 1.63. The summed E-state index contributed by atoms with van der Waals surface area (Å²) in [6, 6.07) is 16.2. The van der Waals surface area contributed by atoms with Crippen LogP contribution >= 0.6 is 0 Å². The molecule has 0 fully saturated rings. The molecule has 0 atom stereocenters. The quantitative estimate of drug-likeness (QED) is 0.782. The van der Waals surface area contributed by atoms with Gasteiger partial charge in [-0.2, -0.15) is 0 Å². The van der Waals surface area contributed by atoms with Gasteiger partial charge >= 0.3 is 0 Å². The molecule has 5 nitrogen and oxygen atoms in total. The lowest BCUT2D eigenvalue weighted by Crippen LogP contribution is -2.29. The molecule has 104 valence electrons. The molecule has 0 aliphatic carbocycles. The Bertz CT molecular complexity index is 870. The van der Waals surface area contributed by atoms with Gasteiger partial charge in [-0.3, -0.25) is 9.59 Å². The van der Waals surface area contributed by atoms with Crippen LogP contribution in [0.4, 0.5) is 5.69 Å². The van der Waals surface area contributed by atoms with Gasteiger partial charge in [0.2, 0.25) is 0 Å². The van der Waals surface area contributed by atoms with Gasteiger partial charge in [0, 0.05) is 12.7 Å². The average Bonchev–Trinajstić information content (AvgIpc) is 2.52. The van der Waals surface area contributed by atoms with E-state index in [1.807, 2.05) is 30.3 Å². The summed E-state index contributed by atoms with van der Waals surface area (Å²) in [5.74, 6) is -0.507. The smallest absolute Gasteiger partial charge is 0.282 e. The normalized spacial score (nSPS) is 10.5. The molecule has 0 saturated heterocycles. The minimum absolute atomic E-state index is 0.111. The van der Waals surface area contributed by atoms with Crippen LogP contribution in [0.3, 0.4) is 0 Å². The first kappa shape index (κ1) is 13.1. The van der Waals surface area contributed by atoms with Crippen molar-refractivity contribution >= 4 is 22.6 Å². The molecule has 2 aromatic carbocycles. The van der Waals surface area contributed by atoms with Crippen LogP contribution in [0.5, 0.6) is 0 Å². The second-order valence-corrected chi connectivity index (χ2v) is 4.63. The Hall–Kier alpha value is -2.95. The molecule has 1 N–H and O–H groups in total. The Labute approximate surface area is 120 Å². The summed E-state index contributed by atoms with van der Waals surface area (Å²) in [4.78, 5) is 28.7. The summed E-state index contributed by atoms with van der Waals surface area (Å²) in [6.07, 6.45) is 0. The second-order valence-electron chi connectivity index (χ2n) is 4.63. The van der Waals surface area contributed by atoms with Gasteiger partial charge in [-0.05, 0) is 24.3 Å². The number of hydrogen-bond acceptors (Lipinski definition) is 3. The number of aromatic nitrogens is 2. The summed E-state index contributed by atoms with van der Waals surface area (Å²) < 4.78 is 1.43. The van der Waals surface area contributed by atoms with Gasteiger partial charge in [-0.1, -0.05) is 30.3 Å². The van der Waals surface area contributed by atoms with E-state index < -0.39 is 11.5 Å². The fourth-order valence-electron chi connectivity index (χ4n) is 2.14. The van der Waals surface area contributed by atoms with Crippen LogP contribution in [0.2, 0.25) is 0 Å². The van der Waals surface area contributed by atoms with E-state index in [0.717, 1.165) is 0 Å². The average molecular weight is 279 g/mol. The molecule has 21 heavy (non-hydrogen) atoms. The highest BCUT2D eigenvalue weighted by molar-refractivity contribution is 6.03. The lowest BCUT2D eigenvalue weighted by molar-refractivity contribution is 0.102. The molecule has 3 aromatic rings. The standard InChI is InChI=1S/C16H13N3O2/c1-19-13-10-6-5-9-12(13)18-14(16(19)21)15(20)17-11-7-3-2-4-8-11/h2-10H,1H3,(H,17,20). The number of carbonyl (C=O) groups excluding carboxylic acids is 1. The minimum Gasteiger partial charge on any atom is -0.320 e. The van der Waals surface area contributed by atoms with Crippen LogP contribution in [-0.2, 0) is 7.05 Å². The van der Waals surface area contributed by atoms with Crippen molar-refractivity contribution in [3.8, 4) is 0 Å². The largest absolute Gasteiger partial charge is 0.320 e. The van der Waals surface area contributed by atoms with Crippen molar-refractivity contribution in [2.75, 3.05) is 5.32 Å². The van der Waals surface area contributed by atoms with Gasteiger partial charge in [0.05, 0.1) is 11.0 Å². The number of fused-ring (bicyclic) bond motifs is 1. The lowest BCUT2D eigenvalue weighted by Gasteiger charge is -2.08. The number of aryl methyl sites for hydroxylation is 1. The van der Waals surface area contributed by atoms with Gasteiger partial charge in [-0.15, -0.1) is 0 Å². The first-order valence-electron chi connectivity index (χ1n) is 6.49. The molecule has 1 aromatic heterocycles. The van der Waals surface area contributed by atoms with E-state index in [1.165, 1.54) is 4.57 Å². The van der Waals surface area contributed by atoms with Crippen molar-refractivity contribution in [2.24, 2.45) is 7.05 Å². The third-order valence-corrected chi connectivity index (χ3v) is 3.23. The van der Waals surface area contributed by atoms with Crippen LogP contribution in [-0.4, -0.2) is 15.5 Å². The Morgan fingerprint density at radius 1 is 1.05 bits per heavy atom. The van der Waals surface area contributed by atoms with E-state index in [2.05, 4.69) is 10.3 Å². The van der Waals surface area contributed by atoms with Gasteiger partial charge in [0.25, 0.3) is 11.5 Å². The number of para-hydroxylation sites is 3. The van der Waals surface area contributed by atoms with E-state index >= 15 is 0 Å². The monoisotopic (exact) mass is 279 g/mol. The van der Waals surface area contributed by atoms with Crippen LogP contribution in [0.1, 0.15) is 10.5 Å². The summed E-state index contributed by atoms with van der Waals surface area (Å²) in [5, 5.41) is 2.68. The number of carbonyl (C=O) groups is 1. The summed E-state index contributed by atoms with van der Waals surface area (Å²) >= 11 is 0. The lowest BCUT2D eigenvalue weighted by atomic mass is 10.2. The topological polar surface area (TPSA) is 64.0 Å². The van der Waals surface area contributed by atoms with E-state index in [1.54, 1.807) is 31.3 Å². The highest BCUT2D eigenvalue weighted by Gasteiger charge is 2.15. The Kier molecular flexibility index (Phi) is 3.23. The van der Waals surface area contributed by atoms with Crippen molar-refractivity contribution in [1.82, 2.24) is 9.55 Å². The third-order valence-electron chi connectivity index (χ3n) is 3.23.